The fraction of sp³-hybridized carbons (Fsp3) is 0.688. The Kier molecular flexibility index (Phi) is 9.00. The van der Waals surface area contributed by atoms with Gasteiger partial charge in [-0.25, -0.2) is 9.40 Å². The smallest absolute Gasteiger partial charge is 0.216 e. The van der Waals surface area contributed by atoms with Gasteiger partial charge in [0.15, 0.2) is 11.7 Å². The van der Waals surface area contributed by atoms with Crippen molar-refractivity contribution in [3.8, 4) is 0 Å². The molecule has 0 amide bonds. The number of fused-ring (bicyclic) bond motifs is 1. The van der Waals surface area contributed by atoms with Gasteiger partial charge in [-0.2, -0.15) is 5.10 Å². The van der Waals surface area contributed by atoms with E-state index in [9.17, 15) is 5.11 Å². The van der Waals surface area contributed by atoms with Gasteiger partial charge in [0.2, 0.25) is 6.41 Å². The summed E-state index contributed by atoms with van der Waals surface area (Å²) in [6.07, 6.45) is 3.31. The summed E-state index contributed by atoms with van der Waals surface area (Å²) in [5.41, 5.74) is 2.18. The number of halogens is 1. The number of ether oxygens (including phenoxy) is 2. The lowest BCUT2D eigenvalue weighted by Crippen LogP contribution is -2.49. The molecule has 10 heteroatoms. The van der Waals surface area contributed by atoms with E-state index < -0.39 is 12.0 Å². The van der Waals surface area contributed by atoms with Crippen molar-refractivity contribution in [3.63, 3.8) is 0 Å². The average molecular weight is 585 g/mol. The van der Waals surface area contributed by atoms with Crippen LogP contribution < -0.4 is 5.32 Å². The maximum Gasteiger partial charge on any atom is 0.216 e. The number of hydrogen-bond donors (Lipinski definition) is 2. The van der Waals surface area contributed by atoms with Crippen LogP contribution in [0.5, 0.6) is 0 Å². The van der Waals surface area contributed by atoms with Gasteiger partial charge in [-0.1, -0.05) is 12.1 Å². The molecule has 4 heterocycles. The van der Waals surface area contributed by atoms with E-state index in [0.717, 1.165) is 54.4 Å². The molecular weight excluding hydrogens is 535 g/mol. The Labute approximate surface area is 250 Å². The molecular formula is C32H49FN6O3. The monoisotopic (exact) mass is 584 g/mol. The number of benzene rings is 1. The van der Waals surface area contributed by atoms with Gasteiger partial charge in [-0.15, -0.1) is 0 Å². The second-order valence-corrected chi connectivity index (χ2v) is 14.0. The van der Waals surface area contributed by atoms with Crippen LogP contribution >= 0.6 is 0 Å². The van der Waals surface area contributed by atoms with Crippen LogP contribution in [0.2, 0.25) is 0 Å². The lowest BCUT2D eigenvalue weighted by Gasteiger charge is -2.38. The topological polar surface area (TPSA) is 85.2 Å². The Morgan fingerprint density at radius 3 is 2.43 bits per heavy atom. The summed E-state index contributed by atoms with van der Waals surface area (Å²) in [5.74, 6) is 1.67. The zero-order valence-electron chi connectivity index (χ0n) is 26.4. The third-order valence-corrected chi connectivity index (χ3v) is 8.26. The number of piperidine rings is 1. The zero-order valence-corrected chi connectivity index (χ0v) is 26.4. The van der Waals surface area contributed by atoms with E-state index in [-0.39, 0.29) is 29.4 Å². The third kappa shape index (κ3) is 7.15. The van der Waals surface area contributed by atoms with Crippen LogP contribution in [-0.4, -0.2) is 101 Å². The minimum Gasteiger partial charge on any atom is -0.378 e. The molecule has 4 aliphatic heterocycles. The van der Waals surface area contributed by atoms with E-state index in [2.05, 4.69) is 55.1 Å². The Morgan fingerprint density at radius 2 is 1.79 bits per heavy atom. The SMILES string of the molecule is CC1N=C2C(NC(C)(C)C)=CC(N3CCOCC3)=NN2C1Cc1cccc(F)c1C1CCN([C@H](O)OC(C)(C)C)CC1. The summed E-state index contributed by atoms with van der Waals surface area (Å²) in [5, 5.41) is 21.4. The van der Waals surface area contributed by atoms with Gasteiger partial charge in [0, 0.05) is 37.8 Å². The number of aliphatic hydroxyl groups excluding tert-OH is 1. The first-order valence-electron chi connectivity index (χ1n) is 15.4. The van der Waals surface area contributed by atoms with E-state index in [1.807, 2.05) is 31.7 Å². The highest BCUT2D eigenvalue weighted by Crippen LogP contribution is 2.36. The molecule has 9 nitrogen and oxygen atoms in total. The molecule has 1 aromatic rings. The maximum absolute atomic E-state index is 15.6. The van der Waals surface area contributed by atoms with Gasteiger partial charge in [0.05, 0.1) is 36.6 Å². The highest BCUT2D eigenvalue weighted by Gasteiger charge is 2.40. The zero-order chi connectivity index (χ0) is 30.2. The molecule has 2 saturated heterocycles. The van der Waals surface area contributed by atoms with Crippen LogP contribution in [0.25, 0.3) is 0 Å². The van der Waals surface area contributed by atoms with E-state index in [4.69, 9.17) is 19.6 Å². The van der Waals surface area contributed by atoms with Crippen LogP contribution in [0.3, 0.4) is 0 Å². The van der Waals surface area contributed by atoms with Crippen molar-refractivity contribution in [2.45, 2.75) is 103 Å². The molecule has 1 aromatic carbocycles. The van der Waals surface area contributed by atoms with Crippen LogP contribution in [0, 0.1) is 5.82 Å². The molecule has 0 radical (unpaired) electrons. The third-order valence-electron chi connectivity index (χ3n) is 8.26. The number of likely N-dealkylation sites (tertiary alicyclic amines) is 1. The summed E-state index contributed by atoms with van der Waals surface area (Å²) in [4.78, 5) is 9.28. The number of morpholine rings is 1. The highest BCUT2D eigenvalue weighted by atomic mass is 19.1. The maximum atomic E-state index is 15.6. The van der Waals surface area contributed by atoms with E-state index in [0.29, 0.717) is 32.7 Å². The molecule has 3 atom stereocenters. The van der Waals surface area contributed by atoms with Gasteiger partial charge in [-0.05, 0) is 90.8 Å². The Bertz CT molecular complexity index is 1210. The quantitative estimate of drug-likeness (QED) is 0.489. The first-order chi connectivity index (χ1) is 19.8. The number of hydrazone groups is 1. The fourth-order valence-corrected chi connectivity index (χ4v) is 6.29. The Balaban J connectivity index is 1.37. The molecule has 0 bridgehead atoms. The largest absolute Gasteiger partial charge is 0.378 e. The van der Waals surface area contributed by atoms with Gasteiger partial charge < -0.3 is 24.8 Å². The molecule has 0 spiro atoms. The second kappa shape index (κ2) is 12.2. The van der Waals surface area contributed by atoms with Crippen molar-refractivity contribution < 1.29 is 19.0 Å². The lowest BCUT2D eigenvalue weighted by atomic mass is 9.84. The van der Waals surface area contributed by atoms with Crippen LogP contribution in [-0.2, 0) is 15.9 Å². The molecule has 2 N–H and O–H groups in total. The average Bonchev–Trinajstić information content (AvgIpc) is 3.23. The molecule has 0 aliphatic carbocycles. The van der Waals surface area contributed by atoms with Crippen molar-refractivity contribution >= 4 is 11.7 Å². The van der Waals surface area contributed by atoms with Gasteiger partial charge in [-0.3, -0.25) is 9.89 Å². The van der Waals surface area contributed by atoms with Crippen molar-refractivity contribution in [2.24, 2.45) is 10.1 Å². The number of aliphatic hydroxyl groups is 1. The van der Waals surface area contributed by atoms with Gasteiger partial charge >= 0.3 is 0 Å². The first-order valence-corrected chi connectivity index (χ1v) is 15.4. The highest BCUT2D eigenvalue weighted by molar-refractivity contribution is 6.09. The number of nitrogens with zero attached hydrogens (tertiary/aromatic N) is 5. The Morgan fingerprint density at radius 1 is 1.10 bits per heavy atom. The van der Waals surface area contributed by atoms with E-state index in [1.54, 1.807) is 6.07 Å². The summed E-state index contributed by atoms with van der Waals surface area (Å²) in [6, 6.07) is 5.40. The van der Waals surface area contributed by atoms with Crippen molar-refractivity contribution in [3.05, 3.63) is 46.9 Å². The first kappa shape index (κ1) is 30.9. The Hall–Kier alpha value is -2.53. The molecule has 5 rings (SSSR count). The predicted octanol–water partition coefficient (Wildman–Crippen LogP) is 4.04. The summed E-state index contributed by atoms with van der Waals surface area (Å²) < 4.78 is 26.9. The van der Waals surface area contributed by atoms with Crippen LogP contribution in [0.1, 0.15) is 78.4 Å². The molecule has 0 saturated carbocycles. The summed E-state index contributed by atoms with van der Waals surface area (Å²) in [6.45, 7) is 18.6. The fourth-order valence-electron chi connectivity index (χ4n) is 6.29. The van der Waals surface area contributed by atoms with E-state index >= 15 is 4.39 Å². The minimum atomic E-state index is -0.956. The standard InChI is InChI=1S/C32H49FN6O3/c1-21-26(39-29(34-21)25(35-31(2,3)4)20-27(36-39)37-15-17-41-18-16-37)19-23-9-8-10-24(33)28(23)22-11-13-38(14-12-22)30(40)42-32(5,6)7/h8-10,20-22,26,30,35,40H,11-19H2,1-7H3/t21?,26?,30-/m1/s1. The van der Waals surface area contributed by atoms with Crippen LogP contribution in [0.4, 0.5) is 4.39 Å². The molecule has 4 aliphatic rings. The van der Waals surface area contributed by atoms with Gasteiger partial charge in [0.25, 0.3) is 0 Å². The molecule has 0 aromatic heterocycles. The molecule has 232 valence electrons. The molecule has 2 unspecified atom stereocenters. The minimum absolute atomic E-state index is 0.0133. The van der Waals surface area contributed by atoms with Crippen molar-refractivity contribution in [2.75, 3.05) is 39.4 Å². The number of aliphatic imine (C=N–C) groups is 1. The van der Waals surface area contributed by atoms with Gasteiger partial charge in [0.1, 0.15) is 5.82 Å². The lowest BCUT2D eigenvalue weighted by molar-refractivity contribution is -0.242. The normalized spacial score (nSPS) is 25.1. The number of amidine groups is 2. The summed E-state index contributed by atoms with van der Waals surface area (Å²) >= 11 is 0. The van der Waals surface area contributed by atoms with Crippen LogP contribution in [0.15, 0.2) is 40.1 Å². The molecule has 2 fully saturated rings. The number of rotatable bonds is 6. The van der Waals surface area contributed by atoms with Crippen molar-refractivity contribution in [1.29, 1.82) is 0 Å². The van der Waals surface area contributed by atoms with E-state index in [1.165, 1.54) is 0 Å². The second-order valence-electron chi connectivity index (χ2n) is 14.0. The predicted molar refractivity (Wildman–Crippen MR) is 164 cm³/mol. The number of nitrogens with one attached hydrogen (secondary N) is 1. The summed E-state index contributed by atoms with van der Waals surface area (Å²) in [7, 11) is 0. The number of hydrogen-bond acceptors (Lipinski definition) is 9. The molecule has 42 heavy (non-hydrogen) atoms. The van der Waals surface area contributed by atoms with Crippen molar-refractivity contribution in [1.82, 2.24) is 20.1 Å².